The highest BCUT2D eigenvalue weighted by atomic mass is 35.5. The summed E-state index contributed by atoms with van der Waals surface area (Å²) >= 11 is 5.70. The van der Waals surface area contributed by atoms with Crippen molar-refractivity contribution in [3.05, 3.63) is 33.3 Å². The van der Waals surface area contributed by atoms with E-state index in [1.165, 1.54) is 18.2 Å². The highest BCUT2D eigenvalue weighted by Gasteiger charge is 2.28. The van der Waals surface area contributed by atoms with Crippen LogP contribution in [0.25, 0.3) is 0 Å². The van der Waals surface area contributed by atoms with Gasteiger partial charge in [-0.3, -0.25) is 25.0 Å². The van der Waals surface area contributed by atoms with Crippen LogP contribution in [-0.4, -0.2) is 22.8 Å². The maximum Gasteiger partial charge on any atom is 0.293 e. The predicted octanol–water partition coefficient (Wildman–Crippen LogP) is 1.47. The van der Waals surface area contributed by atoms with Crippen LogP contribution in [0.5, 0.6) is 0 Å². The van der Waals surface area contributed by atoms with Crippen molar-refractivity contribution in [1.29, 1.82) is 0 Å². The summed E-state index contributed by atoms with van der Waals surface area (Å²) in [6.45, 7) is 0. The van der Waals surface area contributed by atoms with Gasteiger partial charge < -0.3 is 5.32 Å². The summed E-state index contributed by atoms with van der Waals surface area (Å²) in [7, 11) is 0. The predicted molar refractivity (Wildman–Crippen MR) is 67.9 cm³/mol. The van der Waals surface area contributed by atoms with Crippen LogP contribution in [0.1, 0.15) is 12.8 Å². The SMILES string of the molecule is O=C1CCC(Nc2ccc(Cl)cc2[N+](=O)[O-])C(=O)N1. The van der Waals surface area contributed by atoms with Gasteiger partial charge in [0.25, 0.3) is 5.69 Å². The Morgan fingerprint density at radius 2 is 2.16 bits per heavy atom. The number of carbonyl (C=O) groups is 2. The van der Waals surface area contributed by atoms with Crippen molar-refractivity contribution in [3.63, 3.8) is 0 Å². The summed E-state index contributed by atoms with van der Waals surface area (Å²) in [5.41, 5.74) is -0.0129. The Morgan fingerprint density at radius 1 is 1.42 bits per heavy atom. The molecule has 0 radical (unpaired) electrons. The molecule has 1 atom stereocenters. The molecule has 8 heteroatoms. The van der Waals surface area contributed by atoms with Gasteiger partial charge in [0.2, 0.25) is 11.8 Å². The van der Waals surface area contributed by atoms with E-state index < -0.39 is 16.9 Å². The number of hydrogen-bond acceptors (Lipinski definition) is 5. The van der Waals surface area contributed by atoms with Crippen molar-refractivity contribution < 1.29 is 14.5 Å². The third-order valence-corrected chi connectivity index (χ3v) is 2.96. The Bertz CT molecular complexity index is 561. The summed E-state index contributed by atoms with van der Waals surface area (Å²) in [5.74, 6) is -0.825. The van der Waals surface area contributed by atoms with E-state index in [1.54, 1.807) is 0 Å². The third-order valence-electron chi connectivity index (χ3n) is 2.73. The molecule has 7 nitrogen and oxygen atoms in total. The van der Waals surface area contributed by atoms with Gasteiger partial charge in [-0.15, -0.1) is 0 Å². The Morgan fingerprint density at radius 3 is 2.79 bits per heavy atom. The molecular weight excluding hydrogens is 274 g/mol. The minimum atomic E-state index is -0.669. The number of anilines is 1. The lowest BCUT2D eigenvalue weighted by Crippen LogP contribution is -2.47. The summed E-state index contributed by atoms with van der Waals surface area (Å²) in [5, 5.41) is 16.1. The molecule has 1 aromatic carbocycles. The zero-order chi connectivity index (χ0) is 14.0. The Hall–Kier alpha value is -2.15. The van der Waals surface area contributed by atoms with E-state index in [1.807, 2.05) is 0 Å². The molecule has 2 amide bonds. The molecule has 0 spiro atoms. The third kappa shape index (κ3) is 3.00. The first kappa shape index (κ1) is 13.3. The number of nitro groups is 1. The number of hydrogen-bond donors (Lipinski definition) is 2. The number of nitrogens with zero attached hydrogens (tertiary/aromatic N) is 1. The quantitative estimate of drug-likeness (QED) is 0.497. The number of benzene rings is 1. The van der Waals surface area contributed by atoms with Crippen LogP contribution < -0.4 is 10.6 Å². The molecule has 100 valence electrons. The molecule has 1 aromatic rings. The molecule has 1 heterocycles. The first-order valence-electron chi connectivity index (χ1n) is 5.51. The molecule has 0 aliphatic carbocycles. The van der Waals surface area contributed by atoms with Gasteiger partial charge >= 0.3 is 0 Å². The highest BCUT2D eigenvalue weighted by Crippen LogP contribution is 2.29. The Balaban J connectivity index is 2.21. The number of nitrogens with one attached hydrogen (secondary N) is 2. The molecule has 1 fully saturated rings. The molecule has 0 bridgehead atoms. The molecule has 1 aliphatic heterocycles. The molecular formula is C11H10ClN3O4. The normalized spacial score (nSPS) is 18.9. The number of rotatable bonds is 3. The zero-order valence-electron chi connectivity index (χ0n) is 9.68. The fourth-order valence-electron chi connectivity index (χ4n) is 1.80. The van der Waals surface area contributed by atoms with Crippen LogP contribution in [0, 0.1) is 10.1 Å². The summed E-state index contributed by atoms with van der Waals surface area (Å²) in [6, 6.07) is 3.46. The van der Waals surface area contributed by atoms with Gasteiger partial charge in [-0.2, -0.15) is 0 Å². The van der Waals surface area contributed by atoms with Gasteiger partial charge in [0.15, 0.2) is 0 Å². The molecule has 0 saturated carbocycles. The first-order valence-corrected chi connectivity index (χ1v) is 5.89. The lowest BCUT2D eigenvalue weighted by atomic mass is 10.1. The number of imide groups is 1. The van der Waals surface area contributed by atoms with Crippen LogP contribution >= 0.6 is 11.6 Å². The van der Waals surface area contributed by atoms with Crippen molar-refractivity contribution in [2.24, 2.45) is 0 Å². The van der Waals surface area contributed by atoms with E-state index in [4.69, 9.17) is 11.6 Å². The lowest BCUT2D eigenvalue weighted by Gasteiger charge is -2.22. The Kier molecular flexibility index (Phi) is 3.66. The van der Waals surface area contributed by atoms with E-state index >= 15 is 0 Å². The largest absolute Gasteiger partial charge is 0.368 e. The maximum absolute atomic E-state index is 11.6. The topological polar surface area (TPSA) is 101 Å². The minimum absolute atomic E-state index is 0.198. The number of piperidine rings is 1. The maximum atomic E-state index is 11.6. The number of halogens is 1. The van der Waals surface area contributed by atoms with Crippen molar-refractivity contribution in [2.75, 3.05) is 5.32 Å². The number of amides is 2. The van der Waals surface area contributed by atoms with Crippen LogP contribution in [0.2, 0.25) is 5.02 Å². The van der Waals surface area contributed by atoms with E-state index in [0.717, 1.165) is 0 Å². The number of nitro benzene ring substituents is 1. The molecule has 2 N–H and O–H groups in total. The van der Waals surface area contributed by atoms with Crippen molar-refractivity contribution in [2.45, 2.75) is 18.9 Å². The second-order valence-electron chi connectivity index (χ2n) is 4.07. The molecule has 19 heavy (non-hydrogen) atoms. The van der Waals surface area contributed by atoms with Crippen molar-refractivity contribution >= 4 is 34.8 Å². The summed E-state index contributed by atoms with van der Waals surface area (Å²) in [4.78, 5) is 32.9. The van der Waals surface area contributed by atoms with Gasteiger partial charge in [-0.25, -0.2) is 0 Å². The van der Waals surface area contributed by atoms with Crippen LogP contribution in [-0.2, 0) is 9.59 Å². The average molecular weight is 284 g/mol. The fourth-order valence-corrected chi connectivity index (χ4v) is 1.96. The smallest absolute Gasteiger partial charge is 0.293 e. The number of carbonyl (C=O) groups excluding carboxylic acids is 2. The fraction of sp³-hybridized carbons (Fsp3) is 0.273. The van der Waals surface area contributed by atoms with E-state index in [0.29, 0.717) is 6.42 Å². The van der Waals surface area contributed by atoms with Crippen molar-refractivity contribution in [3.8, 4) is 0 Å². The zero-order valence-corrected chi connectivity index (χ0v) is 10.4. The lowest BCUT2D eigenvalue weighted by molar-refractivity contribution is -0.384. The summed E-state index contributed by atoms with van der Waals surface area (Å²) in [6.07, 6.45) is 0.495. The van der Waals surface area contributed by atoms with Gasteiger partial charge in [0.05, 0.1) is 4.92 Å². The second-order valence-corrected chi connectivity index (χ2v) is 4.50. The molecule has 1 aliphatic rings. The molecule has 2 rings (SSSR count). The molecule has 1 unspecified atom stereocenters. The first-order chi connectivity index (χ1) is 8.97. The standard InChI is InChI=1S/C11H10ClN3O4/c12-6-1-2-7(9(5-6)15(18)19)13-8-3-4-10(16)14-11(8)17/h1-2,5,8,13H,3-4H2,(H,14,16,17). The van der Waals surface area contributed by atoms with E-state index in [-0.39, 0.29) is 28.7 Å². The van der Waals surface area contributed by atoms with Crippen LogP contribution in [0.15, 0.2) is 18.2 Å². The Labute approximate surface area is 113 Å². The van der Waals surface area contributed by atoms with E-state index in [9.17, 15) is 19.7 Å². The highest BCUT2D eigenvalue weighted by molar-refractivity contribution is 6.30. The van der Waals surface area contributed by atoms with Crippen LogP contribution in [0.4, 0.5) is 11.4 Å². The molecule has 0 aromatic heterocycles. The van der Waals surface area contributed by atoms with Gasteiger partial charge in [-0.1, -0.05) is 11.6 Å². The monoisotopic (exact) mass is 283 g/mol. The van der Waals surface area contributed by atoms with Gasteiger partial charge in [0, 0.05) is 17.5 Å². The van der Waals surface area contributed by atoms with Crippen molar-refractivity contribution in [1.82, 2.24) is 5.32 Å². The second kappa shape index (κ2) is 5.23. The van der Waals surface area contributed by atoms with Gasteiger partial charge in [-0.05, 0) is 18.6 Å². The minimum Gasteiger partial charge on any atom is -0.368 e. The molecule has 1 saturated heterocycles. The van der Waals surface area contributed by atoms with Crippen LogP contribution in [0.3, 0.4) is 0 Å². The van der Waals surface area contributed by atoms with Gasteiger partial charge in [0.1, 0.15) is 11.7 Å². The van der Waals surface area contributed by atoms with E-state index in [2.05, 4.69) is 10.6 Å². The summed E-state index contributed by atoms with van der Waals surface area (Å²) < 4.78 is 0. The average Bonchev–Trinajstić information content (AvgIpc) is 2.34.